The zero-order valence-corrected chi connectivity index (χ0v) is 22.7. The van der Waals surface area contributed by atoms with Crippen LogP contribution in [0.3, 0.4) is 0 Å². The van der Waals surface area contributed by atoms with Crippen molar-refractivity contribution in [2.45, 2.75) is 37.8 Å². The van der Waals surface area contributed by atoms with Gasteiger partial charge in [-0.25, -0.2) is 0 Å². The first-order valence-corrected chi connectivity index (χ1v) is 13.1. The molecule has 3 atom stereocenters. The molecule has 0 saturated carbocycles. The number of methoxy groups -OCH3 is 3. The first-order valence-electron chi connectivity index (χ1n) is 13.1. The molecular formula is C29H33N3O8. The zero-order chi connectivity index (χ0) is 28.6. The smallest absolute Gasteiger partial charge is 0.250 e. The van der Waals surface area contributed by atoms with Crippen molar-refractivity contribution >= 4 is 5.91 Å². The predicted molar refractivity (Wildman–Crippen MR) is 145 cm³/mol. The Balaban J connectivity index is 1.49. The summed E-state index contributed by atoms with van der Waals surface area (Å²) in [6, 6.07) is 9.92. The van der Waals surface area contributed by atoms with Crippen LogP contribution in [0, 0.1) is 5.92 Å². The van der Waals surface area contributed by atoms with E-state index in [1.165, 1.54) is 27.4 Å². The molecule has 3 unspecified atom stereocenters. The minimum Gasteiger partial charge on any atom is -0.502 e. The Labute approximate surface area is 230 Å². The largest absolute Gasteiger partial charge is 0.502 e. The second-order valence-electron chi connectivity index (χ2n) is 10.4. The zero-order valence-electron chi connectivity index (χ0n) is 22.7. The molecule has 2 aliphatic rings. The summed E-state index contributed by atoms with van der Waals surface area (Å²) in [5, 5.41) is 10.8. The molecule has 11 heteroatoms. The van der Waals surface area contributed by atoms with Crippen molar-refractivity contribution < 1.29 is 28.5 Å². The van der Waals surface area contributed by atoms with Gasteiger partial charge in [-0.1, -0.05) is 6.07 Å². The second-order valence-corrected chi connectivity index (χ2v) is 10.4. The van der Waals surface area contributed by atoms with E-state index in [2.05, 4.69) is 4.90 Å². The van der Waals surface area contributed by atoms with Crippen LogP contribution in [0.15, 0.2) is 50.4 Å². The number of aromatic nitrogens is 1. The highest BCUT2D eigenvalue weighted by Gasteiger charge is 2.35. The van der Waals surface area contributed by atoms with E-state index in [0.717, 1.165) is 18.7 Å². The minimum absolute atomic E-state index is 0.0158. The van der Waals surface area contributed by atoms with Crippen LogP contribution in [0.1, 0.15) is 47.5 Å². The molecule has 2 aromatic heterocycles. The van der Waals surface area contributed by atoms with Gasteiger partial charge in [0.05, 0.1) is 33.8 Å². The highest BCUT2D eigenvalue weighted by molar-refractivity contribution is 5.75. The maximum Gasteiger partial charge on any atom is 0.250 e. The molecule has 0 radical (unpaired) electrons. The van der Waals surface area contributed by atoms with Gasteiger partial charge in [-0.15, -0.1) is 0 Å². The molecule has 3 aromatic rings. The highest BCUT2D eigenvalue weighted by Crippen LogP contribution is 2.43. The summed E-state index contributed by atoms with van der Waals surface area (Å²) in [5.41, 5.74) is 6.48. The third kappa shape index (κ3) is 5.16. The van der Waals surface area contributed by atoms with Gasteiger partial charge in [0.25, 0.3) is 5.56 Å². The Kier molecular flexibility index (Phi) is 7.57. The standard InChI is InChI=1S/C29H33N3O8/c1-37-23-8-17(9-24(38-2)29(23)39-3)20(11-25(30)34)28-27(36)22(33)10-19(40-28)15-31-12-16-7-18(14-31)21-5-4-6-26(35)32(21)13-16/h4-6,8-10,16,18,20,36H,7,11-15H2,1-3H3,(H2,30,34). The first-order chi connectivity index (χ1) is 19.2. The molecule has 4 heterocycles. The topological polar surface area (TPSA) is 146 Å². The summed E-state index contributed by atoms with van der Waals surface area (Å²) >= 11 is 0. The van der Waals surface area contributed by atoms with E-state index < -0.39 is 23.0 Å². The van der Waals surface area contributed by atoms with Crippen LogP contribution in [0.2, 0.25) is 0 Å². The number of amides is 1. The fourth-order valence-electron chi connectivity index (χ4n) is 6.08. The van der Waals surface area contributed by atoms with Crippen LogP contribution in [0.5, 0.6) is 23.0 Å². The number of piperidine rings is 1. The van der Waals surface area contributed by atoms with Crippen molar-refractivity contribution in [3.63, 3.8) is 0 Å². The Morgan fingerprint density at radius 3 is 2.45 bits per heavy atom. The molecule has 11 nitrogen and oxygen atoms in total. The predicted octanol–water partition coefficient (Wildman–Crippen LogP) is 2.16. The number of fused-ring (bicyclic) bond motifs is 4. The summed E-state index contributed by atoms with van der Waals surface area (Å²) in [4.78, 5) is 39.6. The number of primary amides is 1. The van der Waals surface area contributed by atoms with Gasteiger partial charge in [0.15, 0.2) is 17.3 Å². The van der Waals surface area contributed by atoms with E-state index in [4.69, 9.17) is 24.4 Å². The van der Waals surface area contributed by atoms with Crippen molar-refractivity contribution in [2.75, 3.05) is 34.4 Å². The van der Waals surface area contributed by atoms with Crippen LogP contribution in [-0.2, 0) is 17.9 Å². The van der Waals surface area contributed by atoms with Gasteiger partial charge in [-0.2, -0.15) is 0 Å². The van der Waals surface area contributed by atoms with E-state index >= 15 is 0 Å². The summed E-state index contributed by atoms with van der Waals surface area (Å²) < 4.78 is 24.3. The second kappa shape index (κ2) is 11.1. The lowest BCUT2D eigenvalue weighted by molar-refractivity contribution is -0.118. The molecule has 212 valence electrons. The van der Waals surface area contributed by atoms with E-state index in [-0.39, 0.29) is 29.6 Å². The van der Waals surface area contributed by atoms with Gasteiger partial charge >= 0.3 is 0 Å². The van der Waals surface area contributed by atoms with Gasteiger partial charge in [-0.05, 0) is 36.1 Å². The number of carbonyl (C=O) groups is 1. The number of nitrogens with zero attached hydrogens (tertiary/aromatic N) is 2. The lowest BCUT2D eigenvalue weighted by Crippen LogP contribution is -2.46. The number of likely N-dealkylation sites (tertiary alicyclic amines) is 1. The SMILES string of the molecule is COc1cc(C(CC(N)=O)c2oc(CN3CC4CC(C3)c3cccc(=O)n3C4)cc(=O)c2O)cc(OC)c1OC. The van der Waals surface area contributed by atoms with Crippen molar-refractivity contribution in [1.29, 1.82) is 0 Å². The number of hydrogen-bond acceptors (Lipinski definition) is 9. The molecule has 3 N–H and O–H groups in total. The van der Waals surface area contributed by atoms with Crippen LogP contribution in [0.25, 0.3) is 0 Å². The minimum atomic E-state index is -0.890. The summed E-state index contributed by atoms with van der Waals surface area (Å²) in [7, 11) is 4.40. The van der Waals surface area contributed by atoms with Crippen LogP contribution in [0.4, 0.5) is 0 Å². The average molecular weight is 552 g/mol. The maximum absolute atomic E-state index is 12.9. The average Bonchev–Trinajstić information content (AvgIpc) is 2.93. The Morgan fingerprint density at radius 2 is 1.80 bits per heavy atom. The first kappa shape index (κ1) is 27.3. The van der Waals surface area contributed by atoms with Gasteiger partial charge in [-0.3, -0.25) is 19.3 Å². The number of nitrogens with two attached hydrogens (primary N) is 1. The van der Waals surface area contributed by atoms with Gasteiger partial charge in [0.1, 0.15) is 5.76 Å². The van der Waals surface area contributed by atoms with E-state index in [0.29, 0.717) is 48.2 Å². The number of hydrogen-bond donors (Lipinski definition) is 2. The molecule has 1 amide bonds. The van der Waals surface area contributed by atoms with Gasteiger partial charge in [0, 0.05) is 49.8 Å². The number of rotatable bonds is 9. The molecule has 1 saturated heterocycles. The van der Waals surface area contributed by atoms with Crippen LogP contribution < -0.4 is 30.9 Å². The van der Waals surface area contributed by atoms with Gasteiger partial charge < -0.3 is 34.0 Å². The quantitative estimate of drug-likeness (QED) is 0.408. The van der Waals surface area contributed by atoms with Gasteiger partial charge in [0.2, 0.25) is 22.8 Å². The monoisotopic (exact) mass is 551 g/mol. The van der Waals surface area contributed by atoms with E-state index in [1.807, 2.05) is 10.6 Å². The summed E-state index contributed by atoms with van der Waals surface area (Å²) in [6.45, 7) is 2.39. The van der Waals surface area contributed by atoms with Crippen LogP contribution in [-0.4, -0.2) is 54.9 Å². The number of carbonyl (C=O) groups excluding carboxylic acids is 1. The molecule has 40 heavy (non-hydrogen) atoms. The Bertz CT molecular complexity index is 1520. The molecule has 5 rings (SSSR count). The molecule has 1 fully saturated rings. The molecule has 2 aliphatic heterocycles. The normalized spacial score (nSPS) is 19.0. The third-order valence-electron chi connectivity index (χ3n) is 7.75. The van der Waals surface area contributed by atoms with Crippen molar-refractivity contribution in [3.05, 3.63) is 79.8 Å². The van der Waals surface area contributed by atoms with E-state index in [1.54, 1.807) is 24.3 Å². The van der Waals surface area contributed by atoms with Crippen molar-refractivity contribution in [1.82, 2.24) is 9.47 Å². The van der Waals surface area contributed by atoms with Crippen molar-refractivity contribution in [2.24, 2.45) is 11.7 Å². The van der Waals surface area contributed by atoms with E-state index in [9.17, 15) is 19.5 Å². The molecule has 1 aromatic carbocycles. The Hall–Kier alpha value is -4.25. The van der Waals surface area contributed by atoms with Crippen LogP contribution >= 0.6 is 0 Å². The molecular weight excluding hydrogens is 518 g/mol. The fourth-order valence-corrected chi connectivity index (χ4v) is 6.08. The number of benzene rings is 1. The maximum atomic E-state index is 12.9. The fraction of sp³-hybridized carbons (Fsp3) is 0.414. The number of aromatic hydroxyl groups is 1. The third-order valence-corrected chi connectivity index (χ3v) is 7.75. The number of pyridine rings is 1. The molecule has 2 bridgehead atoms. The Morgan fingerprint density at radius 1 is 1.07 bits per heavy atom. The molecule has 0 spiro atoms. The lowest BCUT2D eigenvalue weighted by atomic mass is 9.83. The lowest BCUT2D eigenvalue weighted by Gasteiger charge is -2.42. The molecule has 0 aliphatic carbocycles. The van der Waals surface area contributed by atoms with Crippen molar-refractivity contribution in [3.8, 4) is 23.0 Å². The summed E-state index contributed by atoms with van der Waals surface area (Å²) in [5.74, 6) is -0.342. The summed E-state index contributed by atoms with van der Waals surface area (Å²) in [6.07, 6.45) is 0.755. The number of ether oxygens (including phenoxy) is 3. The highest BCUT2D eigenvalue weighted by atomic mass is 16.5.